The Balaban J connectivity index is 1.79. The minimum atomic E-state index is -0.426. The zero-order valence-electron chi connectivity index (χ0n) is 14.3. The van der Waals surface area contributed by atoms with Gasteiger partial charge in [0, 0.05) is 6.20 Å². The molecule has 0 bridgehead atoms. The maximum Gasteiger partial charge on any atom is 0.237 e. The van der Waals surface area contributed by atoms with E-state index in [4.69, 9.17) is 27.9 Å². The SMILES string of the molecule is COc1ccc(C)cc1NC(=O)[C@@H](C)Sc1nnc2c(Cl)cc(Cl)cn12. The number of carbonyl (C=O) groups is 1. The molecule has 0 spiro atoms. The van der Waals surface area contributed by atoms with Gasteiger partial charge in [-0.3, -0.25) is 9.20 Å². The Labute approximate surface area is 164 Å². The highest BCUT2D eigenvalue weighted by Gasteiger charge is 2.20. The fraction of sp³-hybridized carbons (Fsp3) is 0.235. The van der Waals surface area contributed by atoms with Crippen molar-refractivity contribution in [1.29, 1.82) is 0 Å². The molecule has 0 fully saturated rings. The van der Waals surface area contributed by atoms with E-state index in [1.807, 2.05) is 25.1 Å². The van der Waals surface area contributed by atoms with Crippen molar-refractivity contribution in [1.82, 2.24) is 14.6 Å². The zero-order valence-corrected chi connectivity index (χ0v) is 16.6. The van der Waals surface area contributed by atoms with Crippen LogP contribution in [0, 0.1) is 6.92 Å². The summed E-state index contributed by atoms with van der Waals surface area (Å²) in [6, 6.07) is 7.20. The van der Waals surface area contributed by atoms with Crippen molar-refractivity contribution in [2.75, 3.05) is 12.4 Å². The van der Waals surface area contributed by atoms with E-state index in [0.717, 1.165) is 5.56 Å². The van der Waals surface area contributed by atoms with Gasteiger partial charge in [-0.1, -0.05) is 41.0 Å². The number of nitrogens with one attached hydrogen (secondary N) is 1. The first-order chi connectivity index (χ1) is 12.4. The third kappa shape index (κ3) is 3.90. The van der Waals surface area contributed by atoms with Crippen molar-refractivity contribution in [3.8, 4) is 5.75 Å². The quantitative estimate of drug-likeness (QED) is 0.628. The molecular weight excluding hydrogens is 395 g/mol. The van der Waals surface area contributed by atoms with Crippen LogP contribution in [0.3, 0.4) is 0 Å². The Morgan fingerprint density at radius 1 is 1.31 bits per heavy atom. The lowest BCUT2D eigenvalue weighted by atomic mass is 10.2. The molecule has 3 aromatic rings. The van der Waals surface area contributed by atoms with Crippen LogP contribution < -0.4 is 10.1 Å². The first-order valence-electron chi connectivity index (χ1n) is 7.71. The fourth-order valence-corrected chi connectivity index (χ4v) is 3.68. The van der Waals surface area contributed by atoms with Crippen molar-refractivity contribution in [3.63, 3.8) is 0 Å². The van der Waals surface area contributed by atoms with E-state index in [-0.39, 0.29) is 5.91 Å². The molecule has 26 heavy (non-hydrogen) atoms. The van der Waals surface area contributed by atoms with E-state index in [1.54, 1.807) is 30.7 Å². The van der Waals surface area contributed by atoms with Crippen LogP contribution in [-0.4, -0.2) is 32.9 Å². The van der Waals surface area contributed by atoms with Crippen LogP contribution in [0.5, 0.6) is 5.75 Å². The van der Waals surface area contributed by atoms with Gasteiger partial charge in [0.25, 0.3) is 0 Å². The number of amides is 1. The number of pyridine rings is 1. The van der Waals surface area contributed by atoms with Gasteiger partial charge in [0.05, 0.1) is 28.1 Å². The van der Waals surface area contributed by atoms with Gasteiger partial charge in [0.1, 0.15) is 5.75 Å². The van der Waals surface area contributed by atoms with Crippen LogP contribution in [0.2, 0.25) is 10.0 Å². The Bertz CT molecular complexity index is 977. The summed E-state index contributed by atoms with van der Waals surface area (Å²) in [5.74, 6) is 0.427. The summed E-state index contributed by atoms with van der Waals surface area (Å²) in [5, 5.41) is 12.0. The number of carbonyl (C=O) groups excluding carboxylic acids is 1. The van der Waals surface area contributed by atoms with E-state index in [0.29, 0.717) is 32.3 Å². The molecule has 1 N–H and O–H groups in total. The highest BCUT2D eigenvalue weighted by molar-refractivity contribution is 8.00. The second kappa shape index (κ2) is 7.73. The van der Waals surface area contributed by atoms with Crippen molar-refractivity contribution in [2.45, 2.75) is 24.3 Å². The van der Waals surface area contributed by atoms with Gasteiger partial charge in [-0.15, -0.1) is 10.2 Å². The number of nitrogens with zero attached hydrogens (tertiary/aromatic N) is 3. The van der Waals surface area contributed by atoms with Crippen LogP contribution in [0.4, 0.5) is 5.69 Å². The normalized spacial score (nSPS) is 12.2. The van der Waals surface area contributed by atoms with Crippen molar-refractivity contribution in [3.05, 3.63) is 46.1 Å². The molecule has 0 aliphatic rings. The van der Waals surface area contributed by atoms with Crippen LogP contribution >= 0.6 is 35.0 Å². The summed E-state index contributed by atoms with van der Waals surface area (Å²) in [4.78, 5) is 12.6. The van der Waals surface area contributed by atoms with Gasteiger partial charge in [-0.05, 0) is 37.6 Å². The Morgan fingerprint density at radius 2 is 2.08 bits per heavy atom. The molecule has 1 amide bonds. The van der Waals surface area contributed by atoms with Gasteiger partial charge in [0.2, 0.25) is 5.91 Å². The lowest BCUT2D eigenvalue weighted by Crippen LogP contribution is -2.23. The topological polar surface area (TPSA) is 68.5 Å². The molecule has 6 nitrogen and oxygen atoms in total. The Hall–Kier alpha value is -1.96. The molecule has 3 rings (SSSR count). The summed E-state index contributed by atoms with van der Waals surface area (Å²) >= 11 is 13.4. The molecule has 0 saturated carbocycles. The number of aromatic nitrogens is 3. The predicted octanol–water partition coefficient (Wildman–Crippen LogP) is 4.47. The van der Waals surface area contributed by atoms with E-state index in [2.05, 4.69) is 15.5 Å². The monoisotopic (exact) mass is 410 g/mol. The van der Waals surface area contributed by atoms with Gasteiger partial charge in [-0.2, -0.15) is 0 Å². The molecule has 0 aliphatic heterocycles. The number of ether oxygens (including phenoxy) is 1. The number of fused-ring (bicyclic) bond motifs is 1. The van der Waals surface area contributed by atoms with Gasteiger partial charge in [0.15, 0.2) is 10.8 Å². The second-order valence-electron chi connectivity index (χ2n) is 5.64. The van der Waals surface area contributed by atoms with Crippen LogP contribution in [0.1, 0.15) is 12.5 Å². The number of thioether (sulfide) groups is 1. The highest BCUT2D eigenvalue weighted by atomic mass is 35.5. The molecule has 9 heteroatoms. The molecule has 0 aliphatic carbocycles. The molecule has 1 atom stereocenters. The van der Waals surface area contributed by atoms with Crippen molar-refractivity contribution < 1.29 is 9.53 Å². The van der Waals surface area contributed by atoms with Crippen molar-refractivity contribution in [2.24, 2.45) is 0 Å². The first-order valence-corrected chi connectivity index (χ1v) is 9.34. The molecular formula is C17H16Cl2N4O2S. The average Bonchev–Trinajstić information content (AvgIpc) is 2.98. The molecule has 136 valence electrons. The van der Waals surface area contributed by atoms with Gasteiger partial charge < -0.3 is 10.1 Å². The van der Waals surface area contributed by atoms with Gasteiger partial charge in [-0.25, -0.2) is 0 Å². The number of aryl methyl sites for hydroxylation is 1. The Morgan fingerprint density at radius 3 is 2.81 bits per heavy atom. The molecule has 0 radical (unpaired) electrons. The summed E-state index contributed by atoms with van der Waals surface area (Å²) in [5.41, 5.74) is 2.14. The fourth-order valence-electron chi connectivity index (χ4n) is 2.35. The van der Waals surface area contributed by atoms with Crippen molar-refractivity contribution >= 4 is 52.2 Å². The molecule has 2 heterocycles. The largest absolute Gasteiger partial charge is 0.495 e. The first kappa shape index (κ1) is 18.8. The summed E-state index contributed by atoms with van der Waals surface area (Å²) < 4.78 is 6.97. The molecule has 0 unspecified atom stereocenters. The smallest absolute Gasteiger partial charge is 0.237 e. The van der Waals surface area contributed by atoms with E-state index in [9.17, 15) is 4.79 Å². The van der Waals surface area contributed by atoms with E-state index < -0.39 is 5.25 Å². The number of methoxy groups -OCH3 is 1. The minimum absolute atomic E-state index is 0.177. The zero-order chi connectivity index (χ0) is 18.8. The number of hydrogen-bond donors (Lipinski definition) is 1. The second-order valence-corrected chi connectivity index (χ2v) is 7.79. The third-order valence-corrected chi connectivity index (χ3v) is 5.20. The third-order valence-electron chi connectivity index (χ3n) is 3.66. The lowest BCUT2D eigenvalue weighted by molar-refractivity contribution is -0.115. The minimum Gasteiger partial charge on any atom is -0.495 e. The van der Waals surface area contributed by atoms with Crippen LogP contribution in [0.15, 0.2) is 35.6 Å². The van der Waals surface area contributed by atoms with Crippen LogP contribution in [-0.2, 0) is 4.79 Å². The summed E-state index contributed by atoms with van der Waals surface area (Å²) in [6.07, 6.45) is 1.67. The molecule has 1 aromatic carbocycles. The Kier molecular flexibility index (Phi) is 5.60. The predicted molar refractivity (Wildman–Crippen MR) is 105 cm³/mol. The number of hydrogen-bond acceptors (Lipinski definition) is 5. The number of benzene rings is 1. The van der Waals surface area contributed by atoms with Gasteiger partial charge >= 0.3 is 0 Å². The summed E-state index contributed by atoms with van der Waals surface area (Å²) in [6.45, 7) is 3.73. The van der Waals surface area contributed by atoms with E-state index >= 15 is 0 Å². The number of halogens is 2. The number of anilines is 1. The summed E-state index contributed by atoms with van der Waals surface area (Å²) in [7, 11) is 1.56. The van der Waals surface area contributed by atoms with E-state index in [1.165, 1.54) is 11.8 Å². The highest BCUT2D eigenvalue weighted by Crippen LogP contribution is 2.29. The lowest BCUT2D eigenvalue weighted by Gasteiger charge is -2.14. The number of rotatable bonds is 5. The molecule has 0 saturated heterocycles. The maximum atomic E-state index is 12.6. The van der Waals surface area contributed by atoms with Crippen LogP contribution in [0.25, 0.3) is 5.65 Å². The average molecular weight is 411 g/mol. The standard InChI is InChI=1S/C17H16Cl2N4O2S/c1-9-4-5-14(25-3)13(6-9)20-16(24)10(2)26-17-22-21-15-12(19)7-11(18)8-23(15)17/h4-8,10H,1-3H3,(H,20,24)/t10-/m1/s1. The maximum absolute atomic E-state index is 12.6. The molecule has 2 aromatic heterocycles.